The maximum atomic E-state index is 11.9. The van der Waals surface area contributed by atoms with E-state index in [2.05, 4.69) is 29.0 Å². The van der Waals surface area contributed by atoms with Gasteiger partial charge in [0.05, 0.1) is 11.7 Å². The van der Waals surface area contributed by atoms with Gasteiger partial charge in [-0.1, -0.05) is 37.7 Å². The zero-order valence-corrected chi connectivity index (χ0v) is 14.1. The Bertz CT molecular complexity index is 638. The summed E-state index contributed by atoms with van der Waals surface area (Å²) in [5.74, 6) is 1.63. The van der Waals surface area contributed by atoms with E-state index in [1.54, 1.807) is 17.8 Å². The van der Waals surface area contributed by atoms with Gasteiger partial charge < -0.3 is 4.74 Å². The zero-order chi connectivity index (χ0) is 16.1. The number of benzene rings is 1. The first-order valence-corrected chi connectivity index (χ1v) is 8.29. The summed E-state index contributed by atoms with van der Waals surface area (Å²) in [6.07, 6.45) is -0.117. The van der Waals surface area contributed by atoms with Gasteiger partial charge in [-0.2, -0.15) is 0 Å². The highest BCUT2D eigenvalue weighted by Crippen LogP contribution is 2.21. The number of esters is 1. The van der Waals surface area contributed by atoms with E-state index in [1.165, 1.54) is 0 Å². The summed E-state index contributed by atoms with van der Waals surface area (Å²) >= 11 is 1.54. The topological polar surface area (TPSA) is 67.9 Å². The smallest absolute Gasteiger partial charge is 0.338 e. The molecule has 22 heavy (non-hydrogen) atoms. The number of nitrogens with zero attached hydrogens (tertiary/aromatic N) is 2. The van der Waals surface area contributed by atoms with E-state index in [-0.39, 0.29) is 12.1 Å². The van der Waals surface area contributed by atoms with Crippen LogP contribution in [0, 0.1) is 0 Å². The van der Waals surface area contributed by atoms with Crippen LogP contribution in [0.1, 0.15) is 55.4 Å². The fourth-order valence-corrected chi connectivity index (χ4v) is 2.55. The number of rotatable bonds is 6. The van der Waals surface area contributed by atoms with Crippen molar-refractivity contribution < 1.29 is 9.53 Å². The number of ether oxygens (including phenoxy) is 1. The molecule has 1 aromatic heterocycles. The highest BCUT2D eigenvalue weighted by Gasteiger charge is 2.11. The lowest BCUT2D eigenvalue weighted by molar-refractivity contribution is 0.0378. The minimum absolute atomic E-state index is 0.117. The minimum atomic E-state index is -0.290. The first-order valence-electron chi connectivity index (χ1n) is 7.30. The predicted octanol–water partition coefficient (Wildman–Crippen LogP) is 3.79. The lowest BCUT2D eigenvalue weighted by Crippen LogP contribution is -2.11. The normalized spacial score (nSPS) is 11.2. The van der Waals surface area contributed by atoms with Gasteiger partial charge in [0.25, 0.3) is 0 Å². The van der Waals surface area contributed by atoms with E-state index >= 15 is 0 Å². The molecule has 0 spiro atoms. The molecule has 0 saturated heterocycles. The lowest BCUT2D eigenvalue weighted by Gasteiger charge is -2.08. The van der Waals surface area contributed by atoms with E-state index in [4.69, 9.17) is 4.74 Å². The van der Waals surface area contributed by atoms with Gasteiger partial charge >= 0.3 is 5.97 Å². The Morgan fingerprint density at radius 1 is 1.32 bits per heavy atom. The Morgan fingerprint density at radius 2 is 2.09 bits per heavy atom. The van der Waals surface area contributed by atoms with Gasteiger partial charge in [-0.15, -0.1) is 5.10 Å². The largest absolute Gasteiger partial charge is 0.459 e. The van der Waals surface area contributed by atoms with E-state index in [0.717, 1.165) is 16.5 Å². The highest BCUT2D eigenvalue weighted by atomic mass is 32.2. The van der Waals surface area contributed by atoms with Crippen molar-refractivity contribution in [2.24, 2.45) is 0 Å². The number of thioether (sulfide) groups is 1. The second kappa shape index (κ2) is 7.45. The summed E-state index contributed by atoms with van der Waals surface area (Å²) < 4.78 is 5.21. The highest BCUT2D eigenvalue weighted by molar-refractivity contribution is 7.98. The van der Waals surface area contributed by atoms with Gasteiger partial charge in [-0.05, 0) is 31.5 Å². The minimum Gasteiger partial charge on any atom is -0.459 e. The van der Waals surface area contributed by atoms with Gasteiger partial charge in [-0.3, -0.25) is 5.10 Å². The maximum absolute atomic E-state index is 11.9. The van der Waals surface area contributed by atoms with Crippen molar-refractivity contribution >= 4 is 17.7 Å². The zero-order valence-electron chi connectivity index (χ0n) is 13.3. The molecule has 0 aliphatic heterocycles. The third-order valence-corrected chi connectivity index (χ3v) is 3.82. The third-order valence-electron chi connectivity index (χ3n) is 2.90. The molecule has 0 amide bonds. The summed E-state index contributed by atoms with van der Waals surface area (Å²) in [6.45, 7) is 7.82. The van der Waals surface area contributed by atoms with Crippen LogP contribution >= 0.6 is 11.8 Å². The number of nitrogens with one attached hydrogen (secondary N) is 1. The molecule has 1 N–H and O–H groups in total. The van der Waals surface area contributed by atoms with Crippen LogP contribution in [0.25, 0.3) is 0 Å². The van der Waals surface area contributed by atoms with Crippen LogP contribution in [0.3, 0.4) is 0 Å². The third kappa shape index (κ3) is 4.59. The molecule has 0 aliphatic carbocycles. The molecule has 1 aromatic carbocycles. The summed E-state index contributed by atoms with van der Waals surface area (Å²) in [5.41, 5.74) is 1.61. The number of hydrogen-bond acceptors (Lipinski definition) is 5. The molecule has 118 valence electrons. The van der Waals surface area contributed by atoms with Crippen molar-refractivity contribution in [3.05, 3.63) is 41.2 Å². The van der Waals surface area contributed by atoms with Crippen molar-refractivity contribution in [1.29, 1.82) is 0 Å². The van der Waals surface area contributed by atoms with Gasteiger partial charge in [0.15, 0.2) is 0 Å². The average molecular weight is 319 g/mol. The quantitative estimate of drug-likeness (QED) is 0.648. The van der Waals surface area contributed by atoms with E-state index in [1.807, 2.05) is 32.0 Å². The Morgan fingerprint density at radius 3 is 2.73 bits per heavy atom. The van der Waals surface area contributed by atoms with Gasteiger partial charge in [-0.25, -0.2) is 9.78 Å². The summed E-state index contributed by atoms with van der Waals surface area (Å²) in [6, 6.07) is 7.47. The van der Waals surface area contributed by atoms with Crippen LogP contribution in [0.5, 0.6) is 0 Å². The Balaban J connectivity index is 1.99. The molecular formula is C16H21N3O2S. The van der Waals surface area contributed by atoms with Crippen LogP contribution in [-0.4, -0.2) is 27.3 Å². The standard InChI is InChI=1S/C16H21N3O2S/c1-10(2)14-17-16(19-18-14)22-9-12-6-5-7-13(8-12)15(20)21-11(3)4/h5-8,10-11H,9H2,1-4H3,(H,17,18,19). The number of aromatic nitrogens is 3. The lowest BCUT2D eigenvalue weighted by atomic mass is 10.1. The van der Waals surface area contributed by atoms with Crippen LogP contribution in [0.15, 0.2) is 29.4 Å². The molecule has 0 atom stereocenters. The molecule has 0 unspecified atom stereocenters. The number of H-pyrrole nitrogens is 1. The van der Waals surface area contributed by atoms with Crippen LogP contribution in [-0.2, 0) is 10.5 Å². The van der Waals surface area contributed by atoms with Crippen molar-refractivity contribution in [3.8, 4) is 0 Å². The van der Waals surface area contributed by atoms with Crippen molar-refractivity contribution in [3.63, 3.8) is 0 Å². The summed E-state index contributed by atoms with van der Waals surface area (Å²) in [5, 5.41) is 7.84. The van der Waals surface area contributed by atoms with Crippen LogP contribution < -0.4 is 0 Å². The van der Waals surface area contributed by atoms with Crippen LogP contribution in [0.2, 0.25) is 0 Å². The van der Waals surface area contributed by atoms with Gasteiger partial charge in [0.2, 0.25) is 5.16 Å². The number of hydrogen-bond donors (Lipinski definition) is 1. The second-order valence-electron chi connectivity index (χ2n) is 5.60. The summed E-state index contributed by atoms with van der Waals surface area (Å²) in [4.78, 5) is 16.3. The van der Waals surface area contributed by atoms with Gasteiger partial charge in [0, 0.05) is 11.7 Å². The molecule has 0 radical (unpaired) electrons. The molecule has 2 rings (SSSR count). The fourth-order valence-electron chi connectivity index (χ4n) is 1.80. The van der Waals surface area contributed by atoms with E-state index in [9.17, 15) is 4.79 Å². The average Bonchev–Trinajstić information content (AvgIpc) is 2.94. The fraction of sp³-hybridized carbons (Fsp3) is 0.438. The predicted molar refractivity (Wildman–Crippen MR) is 87.0 cm³/mol. The van der Waals surface area contributed by atoms with Crippen molar-refractivity contribution in [2.75, 3.05) is 0 Å². The molecule has 0 fully saturated rings. The van der Waals surface area contributed by atoms with Crippen molar-refractivity contribution in [2.45, 2.75) is 50.6 Å². The molecule has 6 heteroatoms. The second-order valence-corrected chi connectivity index (χ2v) is 6.54. The first-order chi connectivity index (χ1) is 10.5. The SMILES string of the molecule is CC(C)OC(=O)c1cccc(CSc2n[nH]c(C(C)C)n2)c1. The molecule has 2 aromatic rings. The maximum Gasteiger partial charge on any atom is 0.338 e. The number of carbonyl (C=O) groups excluding carboxylic acids is 1. The molecule has 1 heterocycles. The monoisotopic (exact) mass is 319 g/mol. The van der Waals surface area contributed by atoms with Crippen LogP contribution in [0.4, 0.5) is 0 Å². The Kier molecular flexibility index (Phi) is 5.60. The van der Waals surface area contributed by atoms with E-state index < -0.39 is 0 Å². The summed E-state index contributed by atoms with van der Waals surface area (Å²) in [7, 11) is 0. The first kappa shape index (κ1) is 16.5. The number of aromatic amines is 1. The molecule has 0 aliphatic rings. The molecular weight excluding hydrogens is 298 g/mol. The molecule has 0 saturated carbocycles. The van der Waals surface area contributed by atoms with Crippen molar-refractivity contribution in [1.82, 2.24) is 15.2 Å². The number of carbonyl (C=O) groups is 1. The van der Waals surface area contributed by atoms with Gasteiger partial charge in [0.1, 0.15) is 5.82 Å². The molecule has 5 nitrogen and oxygen atoms in total. The van der Waals surface area contributed by atoms with E-state index in [0.29, 0.717) is 17.2 Å². The molecule has 0 bridgehead atoms. The Labute approximate surface area is 134 Å². The Hall–Kier alpha value is -1.82.